The molecule has 2 aliphatic rings. The molecule has 0 spiro atoms. The number of carbonyl (C=O) groups excluding carboxylic acids is 1. The Morgan fingerprint density at radius 1 is 0.775 bits per heavy atom. The average Bonchev–Trinajstić information content (AvgIpc) is 3.13. The van der Waals surface area contributed by atoms with Gasteiger partial charge in [0.15, 0.2) is 5.78 Å². The summed E-state index contributed by atoms with van der Waals surface area (Å²) in [6, 6.07) is 24.0. The lowest BCUT2D eigenvalue weighted by molar-refractivity contribution is 0.0974. The lowest BCUT2D eigenvalue weighted by atomic mass is 9.90. The molecule has 0 aromatic heterocycles. The fraction of sp³-hybridized carbons (Fsp3) is 0.457. The lowest BCUT2D eigenvalue weighted by Crippen LogP contribution is -2.33. The largest absolute Gasteiger partial charge is 0.299 e. The number of Topliss-reactive ketones (excluding diaryl/α,β-unsaturated/α-hetero) is 1. The highest BCUT2D eigenvalue weighted by Crippen LogP contribution is 2.26. The third-order valence-corrected chi connectivity index (χ3v) is 8.88. The number of ketones is 1. The van der Waals surface area contributed by atoms with Crippen LogP contribution >= 0.6 is 24.8 Å². The number of hydrogen-bond donors (Lipinski definition) is 0. The fourth-order valence-corrected chi connectivity index (χ4v) is 6.32. The van der Waals surface area contributed by atoms with Crippen LogP contribution in [0, 0.1) is 19.8 Å². The minimum atomic E-state index is 0. The van der Waals surface area contributed by atoms with E-state index in [0.717, 1.165) is 50.5 Å². The quantitative estimate of drug-likeness (QED) is 0.237. The van der Waals surface area contributed by atoms with Gasteiger partial charge in [0.05, 0.1) is 0 Å². The molecule has 2 heterocycles. The molecule has 1 fully saturated rings. The first-order valence-corrected chi connectivity index (χ1v) is 14.7. The molecule has 3 nitrogen and oxygen atoms in total. The van der Waals surface area contributed by atoms with Crippen molar-refractivity contribution in [3.05, 3.63) is 106 Å². The van der Waals surface area contributed by atoms with Crippen LogP contribution in [-0.2, 0) is 26.1 Å². The zero-order valence-electron chi connectivity index (χ0n) is 24.2. The summed E-state index contributed by atoms with van der Waals surface area (Å²) in [5.41, 5.74) is 9.30. The van der Waals surface area contributed by atoms with Gasteiger partial charge in [-0.3, -0.25) is 14.6 Å². The van der Waals surface area contributed by atoms with Crippen LogP contribution in [0.3, 0.4) is 0 Å². The number of hydrogen-bond acceptors (Lipinski definition) is 3. The summed E-state index contributed by atoms with van der Waals surface area (Å²) in [6.45, 7) is 10.9. The number of piperidine rings is 1. The number of aryl methyl sites for hydroxylation is 3. The van der Waals surface area contributed by atoms with E-state index in [1.54, 1.807) is 0 Å². The van der Waals surface area contributed by atoms with E-state index in [4.69, 9.17) is 0 Å². The second-order valence-corrected chi connectivity index (χ2v) is 11.7. The minimum Gasteiger partial charge on any atom is -0.299 e. The van der Waals surface area contributed by atoms with Crippen LogP contribution in [-0.4, -0.2) is 35.2 Å². The first kappa shape index (κ1) is 32.3. The third kappa shape index (κ3) is 8.66. The second-order valence-electron chi connectivity index (χ2n) is 11.7. The molecule has 5 heteroatoms. The van der Waals surface area contributed by atoms with E-state index in [9.17, 15) is 4.79 Å². The van der Waals surface area contributed by atoms with Crippen LogP contribution in [0.15, 0.2) is 66.7 Å². The number of likely N-dealkylation sites (tertiary alicyclic amines) is 1. The summed E-state index contributed by atoms with van der Waals surface area (Å²) < 4.78 is 0. The monoisotopic (exact) mass is 580 g/mol. The Balaban J connectivity index is 0.00000220. The molecule has 40 heavy (non-hydrogen) atoms. The first-order chi connectivity index (χ1) is 18.5. The normalized spacial score (nSPS) is 16.4. The van der Waals surface area contributed by atoms with Crippen molar-refractivity contribution in [3.63, 3.8) is 0 Å². The Bertz CT molecular complexity index is 1240. The zero-order valence-corrected chi connectivity index (χ0v) is 25.9. The summed E-state index contributed by atoms with van der Waals surface area (Å²) in [4.78, 5) is 18.3. The predicted molar refractivity (Wildman–Crippen MR) is 172 cm³/mol. The number of nitrogens with zero attached hydrogens (tertiary/aromatic N) is 2. The zero-order chi connectivity index (χ0) is 26.3. The summed E-state index contributed by atoms with van der Waals surface area (Å²) in [6.07, 6.45) is 7.67. The smallest absolute Gasteiger partial charge is 0.162 e. The van der Waals surface area contributed by atoms with Gasteiger partial charge in [0.25, 0.3) is 0 Å². The molecule has 0 aliphatic carbocycles. The first-order valence-electron chi connectivity index (χ1n) is 14.7. The molecule has 0 saturated carbocycles. The molecule has 216 valence electrons. The Morgan fingerprint density at radius 3 is 2.05 bits per heavy atom. The van der Waals surface area contributed by atoms with Crippen LogP contribution in [0.2, 0.25) is 0 Å². The van der Waals surface area contributed by atoms with E-state index in [2.05, 4.69) is 90.4 Å². The summed E-state index contributed by atoms with van der Waals surface area (Å²) in [5, 5.41) is 0. The van der Waals surface area contributed by atoms with Gasteiger partial charge in [-0.05, 0) is 117 Å². The predicted octanol–water partition coefficient (Wildman–Crippen LogP) is 8.36. The highest BCUT2D eigenvalue weighted by molar-refractivity contribution is 5.96. The molecule has 3 aromatic carbocycles. The lowest BCUT2D eigenvalue weighted by Gasteiger charge is -2.32. The molecule has 0 bridgehead atoms. The van der Waals surface area contributed by atoms with Gasteiger partial charge >= 0.3 is 0 Å². The molecule has 0 unspecified atom stereocenters. The maximum absolute atomic E-state index is 13.1. The van der Waals surface area contributed by atoms with Gasteiger partial charge in [-0.15, -0.1) is 24.8 Å². The van der Waals surface area contributed by atoms with Crippen molar-refractivity contribution >= 4 is 30.6 Å². The van der Waals surface area contributed by atoms with Gasteiger partial charge in [-0.2, -0.15) is 0 Å². The van der Waals surface area contributed by atoms with Crippen LogP contribution in [0.25, 0.3) is 0 Å². The number of rotatable bonds is 9. The van der Waals surface area contributed by atoms with Crippen molar-refractivity contribution in [1.29, 1.82) is 0 Å². The average molecular weight is 582 g/mol. The van der Waals surface area contributed by atoms with E-state index in [0.29, 0.717) is 12.2 Å². The summed E-state index contributed by atoms with van der Waals surface area (Å²) >= 11 is 0. The van der Waals surface area contributed by atoms with Crippen molar-refractivity contribution in [3.8, 4) is 0 Å². The highest BCUT2D eigenvalue weighted by Gasteiger charge is 2.21. The van der Waals surface area contributed by atoms with E-state index >= 15 is 0 Å². The van der Waals surface area contributed by atoms with Crippen molar-refractivity contribution in [2.24, 2.45) is 5.92 Å². The number of carbonyl (C=O) groups is 1. The van der Waals surface area contributed by atoms with Crippen LogP contribution in [0.4, 0.5) is 0 Å². The Labute approximate surface area is 254 Å². The number of benzene rings is 3. The molecule has 0 amide bonds. The van der Waals surface area contributed by atoms with Crippen molar-refractivity contribution in [2.45, 2.75) is 78.4 Å². The Hall–Kier alpha value is -2.17. The van der Waals surface area contributed by atoms with Crippen molar-refractivity contribution < 1.29 is 4.79 Å². The van der Waals surface area contributed by atoms with Crippen molar-refractivity contribution in [1.82, 2.24) is 9.80 Å². The fourth-order valence-electron chi connectivity index (χ4n) is 6.32. The molecular weight excluding hydrogens is 535 g/mol. The SMILES string of the molecule is Cc1ccccc1CN1CCC(CCCC(=O)c2ccc3c(c2)CN(Cc2ccccc2C)CCC3)CC1.Cl.Cl. The van der Waals surface area contributed by atoms with E-state index in [1.807, 2.05) is 0 Å². The maximum atomic E-state index is 13.1. The van der Waals surface area contributed by atoms with E-state index in [1.165, 1.54) is 72.2 Å². The molecule has 3 aromatic rings. The van der Waals surface area contributed by atoms with Gasteiger partial charge in [0.2, 0.25) is 0 Å². The summed E-state index contributed by atoms with van der Waals surface area (Å²) in [7, 11) is 0. The van der Waals surface area contributed by atoms with Crippen LogP contribution in [0.5, 0.6) is 0 Å². The number of fused-ring (bicyclic) bond motifs is 1. The van der Waals surface area contributed by atoms with Gasteiger partial charge in [0, 0.05) is 31.6 Å². The molecule has 1 saturated heterocycles. The van der Waals surface area contributed by atoms with Gasteiger partial charge in [-0.25, -0.2) is 0 Å². The Kier molecular flexibility index (Phi) is 12.7. The van der Waals surface area contributed by atoms with Gasteiger partial charge < -0.3 is 0 Å². The molecule has 0 atom stereocenters. The third-order valence-electron chi connectivity index (χ3n) is 8.88. The minimum absolute atomic E-state index is 0. The van der Waals surface area contributed by atoms with Crippen LogP contribution in [0.1, 0.15) is 82.3 Å². The van der Waals surface area contributed by atoms with Crippen LogP contribution < -0.4 is 0 Å². The molecule has 0 N–H and O–H groups in total. The maximum Gasteiger partial charge on any atom is 0.162 e. The van der Waals surface area contributed by atoms with Gasteiger partial charge in [0.1, 0.15) is 0 Å². The molecule has 5 rings (SSSR count). The van der Waals surface area contributed by atoms with E-state index in [-0.39, 0.29) is 24.8 Å². The van der Waals surface area contributed by atoms with E-state index < -0.39 is 0 Å². The molecular formula is C35H46Cl2N2O. The van der Waals surface area contributed by atoms with Crippen molar-refractivity contribution in [2.75, 3.05) is 19.6 Å². The number of halogens is 2. The molecule has 2 aliphatic heterocycles. The molecule has 0 radical (unpaired) electrons. The standard InChI is InChI=1S/C35H44N2O.2ClH/c1-27-9-3-5-12-32(27)24-36-21-18-29(19-22-36)11-7-15-35(38)31-17-16-30-14-8-20-37(26-34(30)23-31)25-33-13-6-4-10-28(33)2;;/h3-6,9-10,12-13,16-17,23,29H,7-8,11,14-15,18-22,24-26H2,1-2H3;2*1H. The van der Waals surface area contributed by atoms with Gasteiger partial charge in [-0.1, -0.05) is 60.7 Å². The second kappa shape index (κ2) is 15.7. The summed E-state index contributed by atoms with van der Waals surface area (Å²) in [5.74, 6) is 1.08. The topological polar surface area (TPSA) is 23.6 Å². The highest BCUT2D eigenvalue weighted by atomic mass is 35.5. The Morgan fingerprint density at radius 2 is 1.40 bits per heavy atom.